The number of alkyl halides is 2. The van der Waals surface area contributed by atoms with E-state index in [9.17, 15) is 18.8 Å². The first-order valence-corrected chi connectivity index (χ1v) is 9.41. The number of carbonyl (C=O) groups excluding carboxylic acids is 1. The van der Waals surface area contributed by atoms with E-state index in [2.05, 4.69) is 15.3 Å². The van der Waals surface area contributed by atoms with Gasteiger partial charge in [-0.15, -0.1) is 0 Å². The van der Waals surface area contributed by atoms with E-state index >= 15 is 0 Å². The van der Waals surface area contributed by atoms with E-state index in [1.807, 2.05) is 30.3 Å². The van der Waals surface area contributed by atoms with Crippen molar-refractivity contribution in [2.75, 3.05) is 6.54 Å². The van der Waals surface area contributed by atoms with Gasteiger partial charge in [-0.05, 0) is 47.7 Å². The number of aliphatic imine (C=N–C) groups is 1. The van der Waals surface area contributed by atoms with Crippen LogP contribution in [0.4, 0.5) is 8.78 Å². The summed E-state index contributed by atoms with van der Waals surface area (Å²) in [5.41, 5.74) is 0.921. The number of aromatic nitrogens is 2. The molecule has 1 saturated heterocycles. The number of thioether (sulfide) groups is 1. The summed E-state index contributed by atoms with van der Waals surface area (Å²) in [5, 5.41) is 15.0. The lowest BCUT2D eigenvalue weighted by atomic mass is 10.1. The van der Waals surface area contributed by atoms with E-state index in [1.165, 1.54) is 12.1 Å². The van der Waals surface area contributed by atoms with Gasteiger partial charge in [-0.3, -0.25) is 14.8 Å². The lowest BCUT2D eigenvalue weighted by Crippen LogP contribution is -2.39. The summed E-state index contributed by atoms with van der Waals surface area (Å²) in [6.07, 6.45) is 4.36. The lowest BCUT2D eigenvalue weighted by Gasteiger charge is -2.13. The normalized spacial score (nSPS) is 17.2. The van der Waals surface area contributed by atoms with Crippen molar-refractivity contribution in [2.24, 2.45) is 4.99 Å². The molecule has 0 unspecified atom stereocenters. The largest absolute Gasteiger partial charge is 0.618 e. The van der Waals surface area contributed by atoms with Crippen molar-refractivity contribution in [2.45, 2.75) is 5.92 Å². The van der Waals surface area contributed by atoms with Gasteiger partial charge in [0.15, 0.2) is 11.4 Å². The molecule has 0 saturated carbocycles. The predicted molar refractivity (Wildman–Crippen MR) is 107 cm³/mol. The minimum Gasteiger partial charge on any atom is -0.618 e. The van der Waals surface area contributed by atoms with Crippen molar-refractivity contribution in [1.29, 1.82) is 0 Å². The van der Waals surface area contributed by atoms with Crippen molar-refractivity contribution >= 4 is 39.8 Å². The van der Waals surface area contributed by atoms with Crippen molar-refractivity contribution in [1.82, 2.24) is 10.3 Å². The van der Waals surface area contributed by atoms with Gasteiger partial charge in [0, 0.05) is 23.7 Å². The maximum atomic E-state index is 14.3. The third-order valence-electron chi connectivity index (χ3n) is 4.20. The Morgan fingerprint density at radius 3 is 2.93 bits per heavy atom. The van der Waals surface area contributed by atoms with Gasteiger partial charge in [0.1, 0.15) is 6.54 Å². The number of amidine groups is 1. The van der Waals surface area contributed by atoms with Gasteiger partial charge >= 0.3 is 5.92 Å². The Hall–Kier alpha value is -3.33. The van der Waals surface area contributed by atoms with Crippen LogP contribution in [0.2, 0.25) is 0 Å². The molecule has 1 aliphatic heterocycles. The summed E-state index contributed by atoms with van der Waals surface area (Å²) in [7, 11) is 0. The third-order valence-corrected chi connectivity index (χ3v) is 5.14. The van der Waals surface area contributed by atoms with E-state index in [-0.39, 0.29) is 9.90 Å². The number of benzene rings is 1. The van der Waals surface area contributed by atoms with Crippen LogP contribution in [-0.4, -0.2) is 22.6 Å². The fourth-order valence-electron chi connectivity index (χ4n) is 2.80. The van der Waals surface area contributed by atoms with Gasteiger partial charge in [-0.1, -0.05) is 12.1 Å². The van der Waals surface area contributed by atoms with Gasteiger partial charge in [0.05, 0.1) is 10.4 Å². The summed E-state index contributed by atoms with van der Waals surface area (Å²) in [4.78, 5) is 20.5. The molecule has 0 spiro atoms. The summed E-state index contributed by atoms with van der Waals surface area (Å²) in [5.74, 6) is -3.87. The van der Waals surface area contributed by atoms with Crippen molar-refractivity contribution in [3.63, 3.8) is 0 Å². The molecule has 4 rings (SSSR count). The molecular weight excluding hydrogens is 398 g/mol. The molecule has 0 radical (unpaired) electrons. The molecule has 3 heterocycles. The maximum absolute atomic E-state index is 14.3. The van der Waals surface area contributed by atoms with Crippen LogP contribution in [0.3, 0.4) is 0 Å². The minimum absolute atomic E-state index is 0.0664. The molecule has 9 heteroatoms. The van der Waals surface area contributed by atoms with E-state index in [4.69, 9.17) is 0 Å². The average Bonchev–Trinajstić information content (AvgIpc) is 3.06. The van der Waals surface area contributed by atoms with E-state index in [1.54, 1.807) is 12.3 Å². The molecule has 1 fully saturated rings. The standard InChI is InChI=1S/C20H14F2N4O2S/c21-20(22,17-5-1-2-9-26(17)28)12-24-19-25-18(27)16(29-19)11-13-6-7-15-14(10-13)4-3-8-23-15/h1-11H,12H2,(H,24,25,27). The average molecular weight is 412 g/mol. The molecule has 1 amide bonds. The quantitative estimate of drug-likeness (QED) is 0.405. The van der Waals surface area contributed by atoms with E-state index < -0.39 is 24.1 Å². The molecule has 0 bridgehead atoms. The van der Waals surface area contributed by atoms with Crippen LogP contribution in [0.1, 0.15) is 11.3 Å². The maximum Gasteiger partial charge on any atom is 0.350 e. The molecule has 2 aromatic heterocycles. The fraction of sp³-hybridized carbons (Fsp3) is 0.100. The fourth-order valence-corrected chi connectivity index (χ4v) is 3.62. The van der Waals surface area contributed by atoms with Crippen LogP contribution < -0.4 is 10.0 Å². The van der Waals surface area contributed by atoms with Crippen LogP contribution in [0.15, 0.2) is 70.8 Å². The SMILES string of the molecule is O=C1NC(=NCC(F)(F)c2cccc[n+]2[O-])SC1=Cc1ccc2ncccc2c1. The number of pyridine rings is 2. The highest BCUT2D eigenvalue weighted by Crippen LogP contribution is 2.29. The van der Waals surface area contributed by atoms with Crippen molar-refractivity contribution in [3.8, 4) is 0 Å². The molecule has 1 aromatic carbocycles. The second-order valence-corrected chi connectivity index (χ2v) is 7.29. The zero-order valence-corrected chi connectivity index (χ0v) is 15.7. The molecular formula is C20H14F2N4O2S. The second-order valence-electron chi connectivity index (χ2n) is 6.26. The molecule has 6 nitrogen and oxygen atoms in total. The van der Waals surface area contributed by atoms with Crippen LogP contribution in [0.5, 0.6) is 0 Å². The highest BCUT2D eigenvalue weighted by Gasteiger charge is 2.39. The van der Waals surface area contributed by atoms with Gasteiger partial charge < -0.3 is 10.5 Å². The van der Waals surface area contributed by atoms with Crippen molar-refractivity contribution < 1.29 is 18.3 Å². The molecule has 3 aromatic rings. The number of carbonyl (C=O) groups is 1. The van der Waals surface area contributed by atoms with Gasteiger partial charge in [0.2, 0.25) is 0 Å². The molecule has 1 N–H and O–H groups in total. The van der Waals surface area contributed by atoms with E-state index in [0.717, 1.165) is 40.5 Å². The number of hydrogen-bond acceptors (Lipinski definition) is 5. The van der Waals surface area contributed by atoms with E-state index in [0.29, 0.717) is 4.91 Å². The summed E-state index contributed by atoms with van der Waals surface area (Å²) >= 11 is 0.976. The first kappa shape index (κ1) is 19.0. The minimum atomic E-state index is -3.46. The van der Waals surface area contributed by atoms with Crippen LogP contribution in [0.25, 0.3) is 17.0 Å². The van der Waals surface area contributed by atoms with Gasteiger partial charge in [0.25, 0.3) is 11.6 Å². The van der Waals surface area contributed by atoms with Crippen LogP contribution in [-0.2, 0) is 10.7 Å². The summed E-state index contributed by atoms with van der Waals surface area (Å²) in [6, 6.07) is 13.0. The lowest BCUT2D eigenvalue weighted by molar-refractivity contribution is -0.624. The Kier molecular flexibility index (Phi) is 4.98. The number of nitrogens with zero attached hydrogens (tertiary/aromatic N) is 3. The smallest absolute Gasteiger partial charge is 0.350 e. The molecule has 29 heavy (non-hydrogen) atoms. The zero-order valence-electron chi connectivity index (χ0n) is 14.9. The number of hydrogen-bond donors (Lipinski definition) is 1. The van der Waals surface area contributed by atoms with Crippen LogP contribution in [0, 0.1) is 5.21 Å². The Balaban J connectivity index is 1.52. The molecule has 1 aliphatic rings. The number of fused-ring (bicyclic) bond motifs is 1. The second kappa shape index (κ2) is 7.59. The molecule has 0 atom stereocenters. The highest BCUT2D eigenvalue weighted by molar-refractivity contribution is 8.18. The highest BCUT2D eigenvalue weighted by atomic mass is 32.2. The molecule has 0 aliphatic carbocycles. The van der Waals surface area contributed by atoms with Gasteiger partial charge in [-0.25, -0.2) is 0 Å². The van der Waals surface area contributed by atoms with Gasteiger partial charge in [-0.2, -0.15) is 13.5 Å². The molecule has 146 valence electrons. The van der Waals surface area contributed by atoms with Crippen LogP contribution >= 0.6 is 11.8 Å². The number of nitrogens with one attached hydrogen (secondary N) is 1. The predicted octanol–water partition coefficient (Wildman–Crippen LogP) is 3.22. The summed E-state index contributed by atoms with van der Waals surface area (Å²) in [6.45, 7) is -0.948. The zero-order chi connectivity index (χ0) is 20.4. The Morgan fingerprint density at radius 1 is 1.24 bits per heavy atom. The first-order valence-electron chi connectivity index (χ1n) is 8.59. The Morgan fingerprint density at radius 2 is 2.10 bits per heavy atom. The Bertz CT molecular complexity index is 1160. The monoisotopic (exact) mass is 412 g/mol. The third kappa shape index (κ3) is 4.09. The Labute approximate surface area is 168 Å². The number of rotatable bonds is 4. The number of halogens is 2. The first-order chi connectivity index (χ1) is 13.9. The summed E-state index contributed by atoms with van der Waals surface area (Å²) < 4.78 is 28.7. The van der Waals surface area contributed by atoms with Crippen molar-refractivity contribution in [3.05, 3.63) is 82.3 Å². The topological polar surface area (TPSA) is 81.3 Å². The number of amides is 1.